The van der Waals surface area contributed by atoms with Gasteiger partial charge in [0.2, 0.25) is 0 Å². The van der Waals surface area contributed by atoms with E-state index in [9.17, 15) is 4.79 Å². The Labute approximate surface area is 182 Å². The van der Waals surface area contributed by atoms with Crippen LogP contribution in [0.5, 0.6) is 0 Å². The SMILES string of the molecule is CCc1cnc(CCNC2=NCC3CN(C(=O)OC(C)(C)C)CCN23)s1.I. The van der Waals surface area contributed by atoms with E-state index in [0.717, 1.165) is 38.4 Å². The van der Waals surface area contributed by atoms with E-state index in [2.05, 4.69) is 27.1 Å². The number of fused-ring (bicyclic) bond motifs is 1. The van der Waals surface area contributed by atoms with E-state index in [1.807, 2.05) is 27.0 Å². The highest BCUT2D eigenvalue weighted by atomic mass is 127. The number of aromatic nitrogens is 1. The van der Waals surface area contributed by atoms with Crippen LogP contribution in [0.2, 0.25) is 0 Å². The maximum atomic E-state index is 12.3. The first-order valence-electron chi connectivity index (χ1n) is 9.32. The van der Waals surface area contributed by atoms with Crippen LogP contribution >= 0.6 is 35.3 Å². The molecule has 0 spiro atoms. The third kappa shape index (κ3) is 5.94. The van der Waals surface area contributed by atoms with E-state index >= 15 is 0 Å². The van der Waals surface area contributed by atoms with Gasteiger partial charge in [-0.15, -0.1) is 35.3 Å². The van der Waals surface area contributed by atoms with E-state index < -0.39 is 5.60 Å². The zero-order chi connectivity index (χ0) is 18.7. The summed E-state index contributed by atoms with van der Waals surface area (Å²) < 4.78 is 5.49. The van der Waals surface area contributed by atoms with Gasteiger partial charge < -0.3 is 19.9 Å². The standard InChI is InChI=1S/C18H29N5O2S.HI/c1-5-14-11-20-15(26-14)6-7-19-16-21-10-13-12-22(8-9-23(13)16)17(24)25-18(2,3)4;/h11,13H,5-10,12H2,1-4H3,(H,19,21);1H. The number of rotatable bonds is 4. The van der Waals surface area contributed by atoms with Crippen LogP contribution in [0, 0.1) is 0 Å². The minimum atomic E-state index is -0.458. The molecule has 3 heterocycles. The number of carbonyl (C=O) groups is 1. The lowest BCUT2D eigenvalue weighted by Crippen LogP contribution is -2.57. The van der Waals surface area contributed by atoms with E-state index in [1.165, 1.54) is 9.88 Å². The average Bonchev–Trinajstić information content (AvgIpc) is 3.20. The van der Waals surface area contributed by atoms with Crippen molar-refractivity contribution in [3.8, 4) is 0 Å². The highest BCUT2D eigenvalue weighted by Gasteiger charge is 2.36. The number of piperazine rings is 1. The molecule has 0 aromatic carbocycles. The Morgan fingerprint density at radius 1 is 1.41 bits per heavy atom. The van der Waals surface area contributed by atoms with Gasteiger partial charge in [0.25, 0.3) is 0 Å². The van der Waals surface area contributed by atoms with Gasteiger partial charge in [-0.3, -0.25) is 4.99 Å². The van der Waals surface area contributed by atoms with Crippen LogP contribution in [-0.4, -0.2) is 71.2 Å². The molecule has 27 heavy (non-hydrogen) atoms. The Bertz CT molecular complexity index is 673. The molecule has 0 bridgehead atoms. The summed E-state index contributed by atoms with van der Waals surface area (Å²) in [6.45, 7) is 11.5. The molecule has 3 rings (SSSR count). The molecule has 7 nitrogen and oxygen atoms in total. The summed E-state index contributed by atoms with van der Waals surface area (Å²) >= 11 is 1.78. The fraction of sp³-hybridized carbons (Fsp3) is 0.722. The quantitative estimate of drug-likeness (QED) is 0.635. The zero-order valence-electron chi connectivity index (χ0n) is 16.5. The number of thiazole rings is 1. The van der Waals surface area contributed by atoms with Crippen molar-refractivity contribution in [3.05, 3.63) is 16.1 Å². The molecule has 2 aliphatic rings. The fourth-order valence-electron chi connectivity index (χ4n) is 3.13. The van der Waals surface area contributed by atoms with Crippen LogP contribution in [0.25, 0.3) is 0 Å². The van der Waals surface area contributed by atoms with Gasteiger partial charge in [0.05, 0.1) is 17.6 Å². The molecular formula is C18H30IN5O2S. The first-order valence-corrected chi connectivity index (χ1v) is 10.1. The van der Waals surface area contributed by atoms with E-state index in [1.54, 1.807) is 16.2 Å². The van der Waals surface area contributed by atoms with Gasteiger partial charge in [0, 0.05) is 43.7 Å². The summed E-state index contributed by atoms with van der Waals surface area (Å²) in [5.74, 6) is 0.950. The molecule has 9 heteroatoms. The van der Waals surface area contributed by atoms with Gasteiger partial charge in [0.1, 0.15) is 5.60 Å². The molecule has 1 atom stereocenters. The number of halogens is 1. The maximum absolute atomic E-state index is 12.3. The van der Waals surface area contributed by atoms with Crippen molar-refractivity contribution in [2.24, 2.45) is 4.99 Å². The second-order valence-corrected chi connectivity index (χ2v) is 8.89. The molecule has 1 saturated heterocycles. The predicted octanol–water partition coefficient (Wildman–Crippen LogP) is 2.75. The van der Waals surface area contributed by atoms with E-state index in [-0.39, 0.29) is 36.1 Å². The monoisotopic (exact) mass is 507 g/mol. The van der Waals surface area contributed by atoms with Gasteiger partial charge in [-0.05, 0) is 27.2 Å². The summed E-state index contributed by atoms with van der Waals surface area (Å²) in [7, 11) is 0. The van der Waals surface area contributed by atoms with E-state index in [4.69, 9.17) is 4.74 Å². The number of carbonyl (C=O) groups excluding carboxylic acids is 1. The minimum Gasteiger partial charge on any atom is -0.444 e. The number of amides is 1. The first-order chi connectivity index (χ1) is 12.4. The zero-order valence-corrected chi connectivity index (χ0v) is 19.7. The molecule has 2 aliphatic heterocycles. The molecule has 1 N–H and O–H groups in total. The summed E-state index contributed by atoms with van der Waals surface area (Å²) in [5, 5.41) is 4.61. The number of nitrogens with zero attached hydrogens (tertiary/aromatic N) is 4. The van der Waals surface area contributed by atoms with Crippen LogP contribution in [0.4, 0.5) is 4.79 Å². The van der Waals surface area contributed by atoms with Crippen LogP contribution in [0.3, 0.4) is 0 Å². The van der Waals surface area contributed by atoms with Crippen molar-refractivity contribution in [2.75, 3.05) is 32.7 Å². The molecule has 0 radical (unpaired) electrons. The normalized spacial score (nSPS) is 19.3. The predicted molar refractivity (Wildman–Crippen MR) is 119 cm³/mol. The van der Waals surface area contributed by atoms with Gasteiger partial charge >= 0.3 is 6.09 Å². The molecule has 152 valence electrons. The van der Waals surface area contributed by atoms with Crippen molar-refractivity contribution in [3.63, 3.8) is 0 Å². The largest absolute Gasteiger partial charge is 0.444 e. The molecule has 1 amide bonds. The van der Waals surface area contributed by atoms with E-state index in [0.29, 0.717) is 13.1 Å². The Kier molecular flexibility index (Phi) is 7.73. The Hall–Kier alpha value is -1.10. The second kappa shape index (κ2) is 9.40. The van der Waals surface area contributed by atoms with Crippen molar-refractivity contribution < 1.29 is 9.53 Å². The molecule has 1 fully saturated rings. The minimum absolute atomic E-state index is 0. The van der Waals surface area contributed by atoms with Crippen LogP contribution in [-0.2, 0) is 17.6 Å². The highest BCUT2D eigenvalue weighted by Crippen LogP contribution is 2.19. The van der Waals surface area contributed by atoms with Crippen LogP contribution in [0.15, 0.2) is 11.2 Å². The third-order valence-corrected chi connectivity index (χ3v) is 5.63. The molecule has 0 aliphatic carbocycles. The lowest BCUT2D eigenvalue weighted by molar-refractivity contribution is 0.0137. The number of aryl methyl sites for hydroxylation is 1. The molecule has 1 aromatic rings. The molecule has 0 saturated carbocycles. The van der Waals surface area contributed by atoms with Crippen molar-refractivity contribution in [1.82, 2.24) is 20.1 Å². The Balaban J connectivity index is 0.00000261. The molecule has 1 aromatic heterocycles. The summed E-state index contributed by atoms with van der Waals surface area (Å²) in [4.78, 5) is 26.8. The topological polar surface area (TPSA) is 70.1 Å². The van der Waals surface area contributed by atoms with Gasteiger partial charge in [-0.1, -0.05) is 6.92 Å². The smallest absolute Gasteiger partial charge is 0.410 e. The van der Waals surface area contributed by atoms with Crippen molar-refractivity contribution >= 4 is 47.4 Å². The molecule has 1 unspecified atom stereocenters. The Morgan fingerprint density at radius 3 is 2.85 bits per heavy atom. The molecular weight excluding hydrogens is 477 g/mol. The van der Waals surface area contributed by atoms with Crippen molar-refractivity contribution in [2.45, 2.75) is 52.2 Å². The van der Waals surface area contributed by atoms with Gasteiger partial charge in [-0.2, -0.15) is 0 Å². The average molecular weight is 507 g/mol. The summed E-state index contributed by atoms with van der Waals surface area (Å²) in [5.41, 5.74) is -0.458. The number of hydrogen-bond acceptors (Lipinski definition) is 7. The lowest BCUT2D eigenvalue weighted by Gasteiger charge is -2.39. The summed E-state index contributed by atoms with van der Waals surface area (Å²) in [6.07, 6.45) is 3.70. The van der Waals surface area contributed by atoms with Gasteiger partial charge in [0.15, 0.2) is 5.96 Å². The van der Waals surface area contributed by atoms with Crippen LogP contribution in [0.1, 0.15) is 37.6 Å². The highest BCUT2D eigenvalue weighted by molar-refractivity contribution is 14.0. The number of nitrogens with one attached hydrogen (secondary N) is 1. The van der Waals surface area contributed by atoms with Crippen molar-refractivity contribution in [1.29, 1.82) is 0 Å². The number of ether oxygens (including phenoxy) is 1. The number of aliphatic imine (C=N–C) groups is 1. The number of hydrogen-bond donors (Lipinski definition) is 1. The lowest BCUT2D eigenvalue weighted by atomic mass is 10.2. The first kappa shape index (κ1) is 22.2. The Morgan fingerprint density at radius 2 is 2.19 bits per heavy atom. The second-order valence-electron chi connectivity index (χ2n) is 7.69. The third-order valence-electron chi connectivity index (χ3n) is 4.43. The van der Waals surface area contributed by atoms with Crippen LogP contribution < -0.4 is 5.32 Å². The fourth-order valence-corrected chi connectivity index (χ4v) is 3.99. The van der Waals surface area contributed by atoms with Gasteiger partial charge in [-0.25, -0.2) is 9.78 Å². The number of guanidine groups is 1. The summed E-state index contributed by atoms with van der Waals surface area (Å²) in [6, 6.07) is 0.241. The maximum Gasteiger partial charge on any atom is 0.410 e.